The molecule has 0 fully saturated rings. The minimum absolute atomic E-state index is 0.101. The van der Waals surface area contributed by atoms with Crippen LogP contribution in [0.2, 0.25) is 0 Å². The molecular formula is C15H17NO6. The van der Waals surface area contributed by atoms with E-state index in [2.05, 4.69) is 9.47 Å². The van der Waals surface area contributed by atoms with Crippen LogP contribution in [-0.2, 0) is 23.9 Å². The molecule has 0 saturated heterocycles. The van der Waals surface area contributed by atoms with E-state index in [1.807, 2.05) is 0 Å². The van der Waals surface area contributed by atoms with Gasteiger partial charge in [0.15, 0.2) is 0 Å². The van der Waals surface area contributed by atoms with Crippen molar-refractivity contribution in [1.82, 2.24) is 0 Å². The number of esters is 2. The zero-order valence-corrected chi connectivity index (χ0v) is 12.3. The lowest BCUT2D eigenvalue weighted by atomic mass is 10.2. The van der Waals surface area contributed by atoms with Crippen molar-refractivity contribution in [1.29, 1.82) is 0 Å². The predicted octanol–water partition coefficient (Wildman–Crippen LogP) is 0.937. The number of hydrogen-bond acceptors (Lipinski definition) is 6. The Morgan fingerprint density at radius 3 is 1.95 bits per heavy atom. The molecule has 0 amide bonds. The fourth-order valence-electron chi connectivity index (χ4n) is 1.64. The first-order valence-electron chi connectivity index (χ1n) is 6.36. The van der Waals surface area contributed by atoms with Gasteiger partial charge in [-0.2, -0.15) is 0 Å². The smallest absolute Gasteiger partial charge is 0.328 e. The highest BCUT2D eigenvalue weighted by atomic mass is 16.5. The Kier molecular flexibility index (Phi) is 6.62. The number of carboxylic acid groups (broad SMARTS) is 1. The molecule has 0 spiro atoms. The van der Waals surface area contributed by atoms with Crippen LogP contribution >= 0.6 is 0 Å². The molecule has 1 aromatic carbocycles. The Morgan fingerprint density at radius 2 is 1.55 bits per heavy atom. The van der Waals surface area contributed by atoms with Gasteiger partial charge in [-0.05, 0) is 23.8 Å². The van der Waals surface area contributed by atoms with Gasteiger partial charge in [0.05, 0.1) is 14.2 Å². The largest absolute Gasteiger partial charge is 0.478 e. The number of carbonyl (C=O) groups is 3. The molecule has 0 radical (unpaired) electrons. The average molecular weight is 307 g/mol. The highest BCUT2D eigenvalue weighted by Crippen LogP contribution is 2.16. The summed E-state index contributed by atoms with van der Waals surface area (Å²) in [5, 5.41) is 8.57. The van der Waals surface area contributed by atoms with Crippen molar-refractivity contribution in [3.8, 4) is 0 Å². The van der Waals surface area contributed by atoms with Gasteiger partial charge in [-0.1, -0.05) is 12.1 Å². The summed E-state index contributed by atoms with van der Waals surface area (Å²) in [6.07, 6.45) is 2.47. The van der Waals surface area contributed by atoms with Crippen LogP contribution in [0.5, 0.6) is 0 Å². The van der Waals surface area contributed by atoms with Crippen LogP contribution in [-0.4, -0.2) is 50.3 Å². The maximum Gasteiger partial charge on any atom is 0.328 e. The van der Waals surface area contributed by atoms with Crippen molar-refractivity contribution in [3.05, 3.63) is 35.9 Å². The summed E-state index contributed by atoms with van der Waals surface area (Å²) < 4.78 is 9.19. The van der Waals surface area contributed by atoms with E-state index in [1.165, 1.54) is 25.2 Å². The molecule has 0 heterocycles. The van der Waals surface area contributed by atoms with E-state index < -0.39 is 17.9 Å². The lowest BCUT2D eigenvalue weighted by Gasteiger charge is -2.22. The first-order valence-corrected chi connectivity index (χ1v) is 6.36. The van der Waals surface area contributed by atoms with Gasteiger partial charge in [0.1, 0.15) is 13.1 Å². The summed E-state index contributed by atoms with van der Waals surface area (Å²) in [7, 11) is 2.52. The number of rotatable bonds is 7. The molecule has 0 aliphatic rings. The highest BCUT2D eigenvalue weighted by molar-refractivity contribution is 5.85. The molecule has 1 N–H and O–H groups in total. The summed E-state index contributed by atoms with van der Waals surface area (Å²) >= 11 is 0. The molecule has 0 aliphatic carbocycles. The van der Waals surface area contributed by atoms with Gasteiger partial charge in [0.25, 0.3) is 0 Å². The zero-order valence-electron chi connectivity index (χ0n) is 12.3. The van der Waals surface area contributed by atoms with Crippen molar-refractivity contribution in [3.63, 3.8) is 0 Å². The lowest BCUT2D eigenvalue weighted by Crippen LogP contribution is -2.35. The Labute approximate surface area is 127 Å². The third kappa shape index (κ3) is 5.66. The minimum atomic E-state index is -1.04. The Morgan fingerprint density at radius 1 is 1.05 bits per heavy atom. The summed E-state index contributed by atoms with van der Waals surface area (Å²) in [6, 6.07) is 6.70. The van der Waals surface area contributed by atoms with Gasteiger partial charge in [0.2, 0.25) is 0 Å². The average Bonchev–Trinajstić information content (AvgIpc) is 2.52. The summed E-state index contributed by atoms with van der Waals surface area (Å²) in [5.74, 6) is -2.01. The third-order valence-corrected chi connectivity index (χ3v) is 2.77. The van der Waals surface area contributed by atoms with Crippen LogP contribution in [0.25, 0.3) is 6.08 Å². The number of benzene rings is 1. The fraction of sp³-hybridized carbons (Fsp3) is 0.267. The van der Waals surface area contributed by atoms with Gasteiger partial charge in [-0.3, -0.25) is 9.59 Å². The number of ether oxygens (including phenoxy) is 2. The molecule has 0 aromatic heterocycles. The molecule has 22 heavy (non-hydrogen) atoms. The predicted molar refractivity (Wildman–Crippen MR) is 79.4 cm³/mol. The summed E-state index contributed by atoms with van der Waals surface area (Å²) in [5.41, 5.74) is 1.30. The number of carbonyl (C=O) groups excluding carboxylic acids is 2. The van der Waals surface area contributed by atoms with Crippen LogP contribution in [0.3, 0.4) is 0 Å². The van der Waals surface area contributed by atoms with E-state index in [4.69, 9.17) is 5.11 Å². The van der Waals surface area contributed by atoms with Crippen LogP contribution in [0.4, 0.5) is 5.69 Å². The number of anilines is 1. The Hall–Kier alpha value is -2.83. The second-order valence-corrected chi connectivity index (χ2v) is 4.27. The molecule has 0 bridgehead atoms. The molecule has 7 nitrogen and oxygen atoms in total. The zero-order chi connectivity index (χ0) is 16.5. The number of methoxy groups -OCH3 is 2. The Balaban J connectivity index is 2.91. The van der Waals surface area contributed by atoms with Crippen molar-refractivity contribution >= 4 is 29.7 Å². The maximum absolute atomic E-state index is 11.4. The van der Waals surface area contributed by atoms with Crippen molar-refractivity contribution < 1.29 is 29.0 Å². The number of carboxylic acids is 1. The van der Waals surface area contributed by atoms with E-state index in [0.29, 0.717) is 11.3 Å². The Bertz CT molecular complexity index is 546. The maximum atomic E-state index is 11.4. The van der Waals surface area contributed by atoms with Crippen LogP contribution < -0.4 is 4.90 Å². The fourth-order valence-corrected chi connectivity index (χ4v) is 1.64. The molecule has 0 aliphatic heterocycles. The molecule has 7 heteroatoms. The standard InChI is InChI=1S/C15H17NO6/c1-21-14(19)9-16(10-15(20)22-2)12-6-3-11(4-7-12)5-8-13(17)18/h3-8H,9-10H2,1-2H3,(H,17,18)/b8-5+. The molecule has 1 rings (SSSR count). The van der Waals surface area contributed by atoms with Gasteiger partial charge in [0, 0.05) is 11.8 Å². The van der Waals surface area contributed by atoms with Crippen LogP contribution in [0.15, 0.2) is 30.3 Å². The summed E-state index contributed by atoms with van der Waals surface area (Å²) in [6.45, 7) is -0.203. The normalized spacial score (nSPS) is 10.3. The number of hydrogen-bond donors (Lipinski definition) is 1. The number of aliphatic carboxylic acids is 1. The molecule has 0 unspecified atom stereocenters. The molecule has 0 atom stereocenters. The van der Waals surface area contributed by atoms with Crippen molar-refractivity contribution in [2.75, 3.05) is 32.2 Å². The monoisotopic (exact) mass is 307 g/mol. The van der Waals surface area contributed by atoms with E-state index in [0.717, 1.165) is 6.08 Å². The van der Waals surface area contributed by atoms with Crippen molar-refractivity contribution in [2.24, 2.45) is 0 Å². The van der Waals surface area contributed by atoms with Crippen LogP contribution in [0.1, 0.15) is 5.56 Å². The quantitative estimate of drug-likeness (QED) is 0.592. The van der Waals surface area contributed by atoms with E-state index >= 15 is 0 Å². The van der Waals surface area contributed by atoms with Gasteiger partial charge >= 0.3 is 17.9 Å². The molecular weight excluding hydrogens is 290 g/mol. The van der Waals surface area contributed by atoms with Gasteiger partial charge in [-0.15, -0.1) is 0 Å². The van der Waals surface area contributed by atoms with Gasteiger partial charge in [-0.25, -0.2) is 4.79 Å². The molecule has 1 aromatic rings. The lowest BCUT2D eigenvalue weighted by molar-refractivity contribution is -0.140. The van der Waals surface area contributed by atoms with E-state index in [1.54, 1.807) is 24.3 Å². The topological polar surface area (TPSA) is 93.1 Å². The second-order valence-electron chi connectivity index (χ2n) is 4.27. The van der Waals surface area contributed by atoms with E-state index in [9.17, 15) is 14.4 Å². The molecule has 118 valence electrons. The minimum Gasteiger partial charge on any atom is -0.478 e. The molecule has 0 saturated carbocycles. The van der Waals surface area contributed by atoms with E-state index in [-0.39, 0.29) is 13.1 Å². The van der Waals surface area contributed by atoms with Gasteiger partial charge < -0.3 is 19.5 Å². The summed E-state index contributed by atoms with van der Waals surface area (Å²) in [4.78, 5) is 34.8. The second kappa shape index (κ2) is 8.46. The third-order valence-electron chi connectivity index (χ3n) is 2.77. The SMILES string of the molecule is COC(=O)CN(CC(=O)OC)c1ccc(/C=C/C(=O)O)cc1. The first-order chi connectivity index (χ1) is 10.5. The van der Waals surface area contributed by atoms with Crippen LogP contribution in [0, 0.1) is 0 Å². The van der Waals surface area contributed by atoms with Crippen molar-refractivity contribution in [2.45, 2.75) is 0 Å². The number of nitrogens with zero attached hydrogens (tertiary/aromatic N) is 1. The first kappa shape index (κ1) is 17.2. The highest BCUT2D eigenvalue weighted by Gasteiger charge is 2.15.